The third-order valence-electron chi connectivity index (χ3n) is 2.38. The zero-order chi connectivity index (χ0) is 13.1. The van der Waals surface area contributed by atoms with Crippen molar-refractivity contribution in [1.82, 2.24) is 4.98 Å². The number of carboxylic acids is 1. The van der Waals surface area contributed by atoms with Crippen molar-refractivity contribution in [3.63, 3.8) is 0 Å². The van der Waals surface area contributed by atoms with Crippen LogP contribution in [-0.4, -0.2) is 16.1 Å². The van der Waals surface area contributed by atoms with Gasteiger partial charge in [-0.25, -0.2) is 9.78 Å². The standard InChI is InChI=1S/C12H11ClN2O2S/c1-7-2-9(4-15-11(7)13)14-5-10-3-8(6-18-10)12(16)17/h2-4,6,14H,5H2,1H3,(H,16,17). The van der Waals surface area contributed by atoms with Crippen LogP contribution in [0.2, 0.25) is 5.15 Å². The molecule has 2 aromatic heterocycles. The molecule has 0 aliphatic heterocycles. The van der Waals surface area contributed by atoms with E-state index in [0.717, 1.165) is 16.1 Å². The molecule has 0 atom stereocenters. The monoisotopic (exact) mass is 282 g/mol. The first-order chi connectivity index (χ1) is 8.56. The Labute approximate surface area is 113 Å². The van der Waals surface area contributed by atoms with Gasteiger partial charge in [0.2, 0.25) is 0 Å². The van der Waals surface area contributed by atoms with Gasteiger partial charge in [0.15, 0.2) is 0 Å². The molecule has 2 heterocycles. The largest absolute Gasteiger partial charge is 0.478 e. The normalized spacial score (nSPS) is 10.3. The van der Waals surface area contributed by atoms with Crippen LogP contribution in [0.15, 0.2) is 23.7 Å². The van der Waals surface area contributed by atoms with Crippen LogP contribution in [0.3, 0.4) is 0 Å². The number of thiophene rings is 1. The topological polar surface area (TPSA) is 62.2 Å². The average Bonchev–Trinajstić information content (AvgIpc) is 2.79. The molecule has 0 saturated carbocycles. The molecule has 0 unspecified atom stereocenters. The number of halogens is 1. The lowest BCUT2D eigenvalue weighted by Crippen LogP contribution is -1.99. The summed E-state index contributed by atoms with van der Waals surface area (Å²) in [6.45, 7) is 2.45. The van der Waals surface area contributed by atoms with E-state index in [2.05, 4.69) is 10.3 Å². The molecule has 2 aromatic rings. The fourth-order valence-electron chi connectivity index (χ4n) is 1.43. The Hall–Kier alpha value is -1.59. The molecule has 6 heteroatoms. The van der Waals surface area contributed by atoms with Crippen LogP contribution in [-0.2, 0) is 6.54 Å². The van der Waals surface area contributed by atoms with Crippen molar-refractivity contribution >= 4 is 34.6 Å². The van der Waals surface area contributed by atoms with Gasteiger partial charge in [-0.1, -0.05) is 11.6 Å². The van der Waals surface area contributed by atoms with E-state index in [9.17, 15) is 4.79 Å². The van der Waals surface area contributed by atoms with Gasteiger partial charge in [-0.15, -0.1) is 11.3 Å². The van der Waals surface area contributed by atoms with Gasteiger partial charge in [0.05, 0.1) is 17.4 Å². The number of nitrogens with one attached hydrogen (secondary N) is 1. The number of nitrogens with zero attached hydrogens (tertiary/aromatic N) is 1. The maximum atomic E-state index is 10.7. The molecule has 2 rings (SSSR count). The molecule has 0 fully saturated rings. The predicted octanol–water partition coefficient (Wildman–Crippen LogP) is 3.42. The van der Waals surface area contributed by atoms with Crippen molar-refractivity contribution in [2.24, 2.45) is 0 Å². The minimum atomic E-state index is -0.901. The van der Waals surface area contributed by atoms with Crippen molar-refractivity contribution in [1.29, 1.82) is 0 Å². The second-order valence-corrected chi connectivity index (χ2v) is 5.15. The van der Waals surface area contributed by atoms with Crippen LogP contribution in [0.1, 0.15) is 20.8 Å². The van der Waals surface area contributed by atoms with Gasteiger partial charge in [0.25, 0.3) is 0 Å². The fourth-order valence-corrected chi connectivity index (χ4v) is 2.33. The summed E-state index contributed by atoms with van der Waals surface area (Å²) in [5.41, 5.74) is 2.09. The van der Waals surface area contributed by atoms with Crippen LogP contribution in [0.4, 0.5) is 5.69 Å². The number of hydrogen-bond acceptors (Lipinski definition) is 4. The molecular formula is C12H11ClN2O2S. The number of hydrogen-bond donors (Lipinski definition) is 2. The maximum Gasteiger partial charge on any atom is 0.336 e. The molecule has 0 aromatic carbocycles. The van der Waals surface area contributed by atoms with Crippen molar-refractivity contribution in [3.05, 3.63) is 44.9 Å². The molecule has 0 aliphatic rings. The smallest absolute Gasteiger partial charge is 0.336 e. The van der Waals surface area contributed by atoms with E-state index < -0.39 is 5.97 Å². The van der Waals surface area contributed by atoms with Crippen LogP contribution >= 0.6 is 22.9 Å². The Morgan fingerprint density at radius 1 is 1.56 bits per heavy atom. The second-order valence-electron chi connectivity index (χ2n) is 3.79. The third kappa shape index (κ3) is 3.00. The number of aromatic carboxylic acids is 1. The van der Waals surface area contributed by atoms with E-state index in [0.29, 0.717) is 17.3 Å². The van der Waals surface area contributed by atoms with Gasteiger partial charge in [-0.2, -0.15) is 0 Å². The molecule has 18 heavy (non-hydrogen) atoms. The Morgan fingerprint density at radius 2 is 2.33 bits per heavy atom. The first kappa shape index (κ1) is 12.9. The van der Waals surface area contributed by atoms with Crippen molar-refractivity contribution < 1.29 is 9.90 Å². The Bertz CT molecular complexity index is 583. The number of aryl methyl sites for hydroxylation is 1. The Balaban J connectivity index is 2.02. The summed E-state index contributed by atoms with van der Waals surface area (Å²) in [5.74, 6) is -0.901. The maximum absolute atomic E-state index is 10.7. The van der Waals surface area contributed by atoms with E-state index in [4.69, 9.17) is 16.7 Å². The molecule has 2 N–H and O–H groups in total. The number of pyridine rings is 1. The summed E-state index contributed by atoms with van der Waals surface area (Å²) in [5, 5.41) is 14.1. The van der Waals surface area contributed by atoms with Crippen molar-refractivity contribution in [2.45, 2.75) is 13.5 Å². The lowest BCUT2D eigenvalue weighted by Gasteiger charge is -2.05. The van der Waals surface area contributed by atoms with Gasteiger partial charge in [-0.05, 0) is 24.6 Å². The first-order valence-electron chi connectivity index (χ1n) is 5.23. The Kier molecular flexibility index (Phi) is 3.84. The highest BCUT2D eigenvalue weighted by molar-refractivity contribution is 7.10. The SMILES string of the molecule is Cc1cc(NCc2cc(C(=O)O)cs2)cnc1Cl. The van der Waals surface area contributed by atoms with E-state index in [1.54, 1.807) is 17.6 Å². The molecule has 0 aliphatic carbocycles. The summed E-state index contributed by atoms with van der Waals surface area (Å²) in [7, 11) is 0. The Morgan fingerprint density at radius 3 is 2.94 bits per heavy atom. The highest BCUT2D eigenvalue weighted by Crippen LogP contribution is 2.19. The molecular weight excluding hydrogens is 272 g/mol. The molecule has 4 nitrogen and oxygen atoms in total. The molecule has 0 saturated heterocycles. The van der Waals surface area contributed by atoms with Crippen LogP contribution in [0.25, 0.3) is 0 Å². The van der Waals surface area contributed by atoms with E-state index in [-0.39, 0.29) is 0 Å². The van der Waals surface area contributed by atoms with E-state index in [1.165, 1.54) is 11.3 Å². The minimum Gasteiger partial charge on any atom is -0.478 e. The predicted molar refractivity (Wildman–Crippen MR) is 72.6 cm³/mol. The lowest BCUT2D eigenvalue weighted by atomic mass is 10.3. The molecule has 0 amide bonds. The highest BCUT2D eigenvalue weighted by Gasteiger charge is 2.06. The number of rotatable bonds is 4. The lowest BCUT2D eigenvalue weighted by molar-refractivity contribution is 0.0697. The van der Waals surface area contributed by atoms with Gasteiger partial charge in [0, 0.05) is 16.8 Å². The summed E-state index contributed by atoms with van der Waals surface area (Å²) >= 11 is 7.25. The van der Waals surface area contributed by atoms with Crippen LogP contribution in [0, 0.1) is 6.92 Å². The number of carboxylic acid groups (broad SMARTS) is 1. The summed E-state index contributed by atoms with van der Waals surface area (Å²) < 4.78 is 0. The molecule has 94 valence electrons. The van der Waals surface area contributed by atoms with E-state index >= 15 is 0 Å². The third-order valence-corrected chi connectivity index (χ3v) is 3.71. The van der Waals surface area contributed by atoms with Gasteiger partial charge in [-0.3, -0.25) is 0 Å². The number of aromatic nitrogens is 1. The molecule has 0 spiro atoms. The quantitative estimate of drug-likeness (QED) is 0.844. The van der Waals surface area contributed by atoms with E-state index in [1.807, 2.05) is 13.0 Å². The van der Waals surface area contributed by atoms with Crippen molar-refractivity contribution in [2.75, 3.05) is 5.32 Å². The number of anilines is 1. The zero-order valence-electron chi connectivity index (χ0n) is 9.61. The minimum absolute atomic E-state index is 0.321. The number of carbonyl (C=O) groups is 1. The zero-order valence-corrected chi connectivity index (χ0v) is 11.2. The molecule has 0 bridgehead atoms. The summed E-state index contributed by atoms with van der Waals surface area (Å²) in [6.07, 6.45) is 1.65. The highest BCUT2D eigenvalue weighted by atomic mass is 35.5. The summed E-state index contributed by atoms with van der Waals surface area (Å²) in [4.78, 5) is 15.7. The van der Waals surface area contributed by atoms with Gasteiger partial charge < -0.3 is 10.4 Å². The summed E-state index contributed by atoms with van der Waals surface area (Å²) in [6, 6.07) is 3.57. The fraction of sp³-hybridized carbons (Fsp3) is 0.167. The van der Waals surface area contributed by atoms with Crippen molar-refractivity contribution in [3.8, 4) is 0 Å². The first-order valence-corrected chi connectivity index (χ1v) is 6.49. The van der Waals surface area contributed by atoms with Gasteiger partial charge in [0.1, 0.15) is 5.15 Å². The average molecular weight is 283 g/mol. The van der Waals surface area contributed by atoms with Crippen LogP contribution in [0.5, 0.6) is 0 Å². The van der Waals surface area contributed by atoms with Crippen LogP contribution < -0.4 is 5.32 Å². The molecule has 0 radical (unpaired) electrons. The second kappa shape index (κ2) is 5.37. The van der Waals surface area contributed by atoms with Gasteiger partial charge >= 0.3 is 5.97 Å².